The highest BCUT2D eigenvalue weighted by atomic mass is 35.5. The van der Waals surface area contributed by atoms with Crippen LogP contribution in [-0.4, -0.2) is 11.1 Å². The van der Waals surface area contributed by atoms with Gasteiger partial charge in [-0.3, -0.25) is 9.69 Å². The van der Waals surface area contributed by atoms with Crippen LogP contribution in [0, 0.1) is 13.8 Å². The number of halogens is 1. The summed E-state index contributed by atoms with van der Waals surface area (Å²) in [6, 6.07) is 27.0. The van der Waals surface area contributed by atoms with Crippen molar-refractivity contribution < 1.29 is 9.21 Å². The van der Waals surface area contributed by atoms with Gasteiger partial charge in [0.1, 0.15) is 11.5 Å². The van der Waals surface area contributed by atoms with Crippen molar-refractivity contribution in [2.45, 2.75) is 13.8 Å². The highest BCUT2D eigenvalue weighted by Gasteiger charge is 2.35. The molecule has 0 bridgehead atoms. The number of aliphatic imine (C=N–C) groups is 1. The summed E-state index contributed by atoms with van der Waals surface area (Å²) in [5.41, 5.74) is 4.56. The maximum absolute atomic E-state index is 13.5. The lowest BCUT2D eigenvalue weighted by Crippen LogP contribution is -2.28. The average Bonchev–Trinajstić information content (AvgIpc) is 3.39. The highest BCUT2D eigenvalue weighted by Crippen LogP contribution is 2.38. The van der Waals surface area contributed by atoms with Crippen LogP contribution in [0.5, 0.6) is 0 Å². The fourth-order valence-corrected chi connectivity index (χ4v) is 4.93. The quantitative estimate of drug-likeness (QED) is 0.275. The summed E-state index contributed by atoms with van der Waals surface area (Å²) in [7, 11) is 0. The Balaban J connectivity index is 1.53. The number of benzene rings is 3. The lowest BCUT2D eigenvalue weighted by Gasteiger charge is -2.16. The Morgan fingerprint density at radius 3 is 2.44 bits per heavy atom. The van der Waals surface area contributed by atoms with Gasteiger partial charge in [-0.2, -0.15) is 0 Å². The Hall–Kier alpha value is -3.54. The first-order valence-corrected chi connectivity index (χ1v) is 12.0. The van der Waals surface area contributed by atoms with E-state index in [-0.39, 0.29) is 5.91 Å². The highest BCUT2D eigenvalue weighted by molar-refractivity contribution is 8.19. The fraction of sp³-hybridized carbons (Fsp3) is 0.0714. The Kier molecular flexibility index (Phi) is 6.14. The molecule has 5 rings (SSSR count). The van der Waals surface area contributed by atoms with Crippen molar-refractivity contribution >= 4 is 51.9 Å². The van der Waals surface area contributed by atoms with Gasteiger partial charge in [0.25, 0.3) is 5.91 Å². The van der Waals surface area contributed by atoms with E-state index in [9.17, 15) is 4.79 Å². The van der Waals surface area contributed by atoms with Crippen molar-refractivity contribution in [1.29, 1.82) is 0 Å². The van der Waals surface area contributed by atoms with E-state index in [1.165, 1.54) is 11.8 Å². The van der Waals surface area contributed by atoms with E-state index in [1.807, 2.05) is 98.8 Å². The molecule has 6 heteroatoms. The van der Waals surface area contributed by atoms with Gasteiger partial charge in [-0.05, 0) is 85.3 Å². The largest absolute Gasteiger partial charge is 0.457 e. The third-order valence-electron chi connectivity index (χ3n) is 5.33. The number of hydrogen-bond donors (Lipinski definition) is 0. The van der Waals surface area contributed by atoms with E-state index in [1.54, 1.807) is 11.0 Å². The SMILES string of the molecule is Cc1cccc(N=C2SC(=Cc3ccc(-c4ccccc4Cl)o3)C(=O)N2c2cccc(C)c2)c1. The second kappa shape index (κ2) is 9.37. The first-order valence-electron chi connectivity index (χ1n) is 10.8. The van der Waals surface area contributed by atoms with Gasteiger partial charge in [0.2, 0.25) is 0 Å². The molecule has 0 saturated carbocycles. The molecular weight excluding hydrogens is 464 g/mol. The molecule has 0 N–H and O–H groups in total. The number of carbonyl (C=O) groups excluding carboxylic acids is 1. The maximum atomic E-state index is 13.5. The van der Waals surface area contributed by atoms with E-state index in [0.717, 1.165) is 28.1 Å². The van der Waals surface area contributed by atoms with Gasteiger partial charge in [0.05, 0.1) is 21.3 Å². The van der Waals surface area contributed by atoms with Gasteiger partial charge in [0, 0.05) is 11.6 Å². The lowest BCUT2D eigenvalue weighted by molar-refractivity contribution is -0.113. The van der Waals surface area contributed by atoms with Gasteiger partial charge in [-0.15, -0.1) is 0 Å². The van der Waals surface area contributed by atoms with E-state index in [4.69, 9.17) is 21.0 Å². The molecule has 4 aromatic rings. The molecule has 0 spiro atoms. The number of rotatable bonds is 4. The number of thioether (sulfide) groups is 1. The molecule has 1 amide bonds. The van der Waals surface area contributed by atoms with E-state index >= 15 is 0 Å². The Morgan fingerprint density at radius 2 is 1.68 bits per heavy atom. The molecule has 168 valence electrons. The molecule has 4 nitrogen and oxygen atoms in total. The molecule has 1 aromatic heterocycles. The zero-order valence-corrected chi connectivity index (χ0v) is 20.2. The van der Waals surface area contributed by atoms with Crippen molar-refractivity contribution in [2.24, 2.45) is 4.99 Å². The van der Waals surface area contributed by atoms with E-state index in [0.29, 0.717) is 26.6 Å². The fourth-order valence-electron chi connectivity index (χ4n) is 3.72. The second-order valence-electron chi connectivity index (χ2n) is 8.01. The predicted molar refractivity (Wildman–Crippen MR) is 142 cm³/mol. The van der Waals surface area contributed by atoms with Gasteiger partial charge >= 0.3 is 0 Å². The van der Waals surface area contributed by atoms with Gasteiger partial charge < -0.3 is 4.42 Å². The molecule has 0 unspecified atom stereocenters. The van der Waals surface area contributed by atoms with Gasteiger partial charge in [0.15, 0.2) is 5.17 Å². The van der Waals surface area contributed by atoms with E-state index in [2.05, 4.69) is 0 Å². The minimum atomic E-state index is -0.141. The van der Waals surface area contributed by atoms with Crippen molar-refractivity contribution in [3.63, 3.8) is 0 Å². The van der Waals surface area contributed by atoms with Crippen molar-refractivity contribution in [1.82, 2.24) is 0 Å². The minimum Gasteiger partial charge on any atom is -0.457 e. The minimum absolute atomic E-state index is 0.141. The van der Waals surface area contributed by atoms with Crippen LogP contribution in [0.15, 0.2) is 99.2 Å². The Morgan fingerprint density at radius 1 is 0.912 bits per heavy atom. The number of furan rings is 1. The van der Waals surface area contributed by atoms with Crippen LogP contribution in [0.3, 0.4) is 0 Å². The summed E-state index contributed by atoms with van der Waals surface area (Å²) < 4.78 is 6.01. The van der Waals surface area contributed by atoms with Crippen molar-refractivity contribution in [3.8, 4) is 11.3 Å². The molecule has 2 heterocycles. The molecular formula is C28H21ClN2O2S. The molecule has 1 fully saturated rings. The van der Waals surface area contributed by atoms with Gasteiger partial charge in [-0.25, -0.2) is 4.99 Å². The van der Waals surface area contributed by atoms with E-state index < -0.39 is 0 Å². The molecule has 1 saturated heterocycles. The first-order chi connectivity index (χ1) is 16.5. The number of amides is 1. The lowest BCUT2D eigenvalue weighted by atomic mass is 10.2. The predicted octanol–water partition coefficient (Wildman–Crippen LogP) is 8.03. The zero-order chi connectivity index (χ0) is 23.7. The summed E-state index contributed by atoms with van der Waals surface area (Å²) >= 11 is 7.65. The van der Waals surface area contributed by atoms with Gasteiger partial charge in [-0.1, -0.05) is 48.0 Å². The number of aryl methyl sites for hydroxylation is 2. The zero-order valence-electron chi connectivity index (χ0n) is 18.7. The summed E-state index contributed by atoms with van der Waals surface area (Å²) in [5, 5.41) is 1.21. The number of amidine groups is 1. The molecule has 0 atom stereocenters. The maximum Gasteiger partial charge on any atom is 0.271 e. The third-order valence-corrected chi connectivity index (χ3v) is 6.63. The molecule has 0 radical (unpaired) electrons. The smallest absolute Gasteiger partial charge is 0.271 e. The first kappa shape index (κ1) is 22.3. The van der Waals surface area contributed by atoms with Crippen LogP contribution >= 0.6 is 23.4 Å². The standard InChI is InChI=1S/C28H21ClN2O2S/c1-18-7-5-9-20(15-18)30-28-31(21-10-6-8-19(2)16-21)27(32)26(34-28)17-22-13-14-25(33-22)23-11-3-4-12-24(23)29/h3-17H,1-2H3. The van der Waals surface area contributed by atoms with Crippen LogP contribution in [0.4, 0.5) is 11.4 Å². The van der Waals surface area contributed by atoms with Crippen LogP contribution in [-0.2, 0) is 4.79 Å². The Labute approximate surface area is 207 Å². The Bertz CT molecular complexity index is 1450. The summed E-state index contributed by atoms with van der Waals surface area (Å²) in [6.45, 7) is 4.03. The average molecular weight is 485 g/mol. The topological polar surface area (TPSA) is 45.8 Å². The number of hydrogen-bond acceptors (Lipinski definition) is 4. The van der Waals surface area contributed by atoms with Crippen molar-refractivity contribution in [3.05, 3.63) is 112 Å². The molecule has 3 aromatic carbocycles. The molecule has 1 aliphatic heterocycles. The molecule has 0 aliphatic carbocycles. The van der Waals surface area contributed by atoms with Crippen LogP contribution in [0.2, 0.25) is 5.02 Å². The van der Waals surface area contributed by atoms with Crippen LogP contribution in [0.25, 0.3) is 17.4 Å². The number of nitrogens with zero attached hydrogens (tertiary/aromatic N) is 2. The molecule has 34 heavy (non-hydrogen) atoms. The van der Waals surface area contributed by atoms with Crippen LogP contribution < -0.4 is 4.90 Å². The number of anilines is 1. The summed E-state index contributed by atoms with van der Waals surface area (Å²) in [6.07, 6.45) is 1.76. The third kappa shape index (κ3) is 4.58. The normalized spacial score (nSPS) is 16.1. The monoisotopic (exact) mass is 484 g/mol. The number of carbonyl (C=O) groups is 1. The van der Waals surface area contributed by atoms with Crippen molar-refractivity contribution in [2.75, 3.05) is 4.90 Å². The molecule has 1 aliphatic rings. The van der Waals surface area contributed by atoms with Crippen LogP contribution in [0.1, 0.15) is 16.9 Å². The summed E-state index contributed by atoms with van der Waals surface area (Å²) in [4.78, 5) is 20.5. The second-order valence-corrected chi connectivity index (χ2v) is 9.42. The summed E-state index contributed by atoms with van der Waals surface area (Å²) in [5.74, 6) is 1.08.